The SMILES string of the molecule is COc1c[nH]c2nc(N3CCOCC3)cc(-c3ccnn3C)c12. The maximum atomic E-state index is 5.50. The lowest BCUT2D eigenvalue weighted by Gasteiger charge is -2.28. The fraction of sp³-hybridized carbons (Fsp3) is 0.375. The zero-order valence-electron chi connectivity index (χ0n) is 13.2. The molecular formula is C16H19N5O2. The number of ether oxygens (including phenoxy) is 2. The van der Waals surface area contributed by atoms with E-state index in [-0.39, 0.29) is 0 Å². The van der Waals surface area contributed by atoms with E-state index in [1.54, 1.807) is 13.3 Å². The third-order valence-corrected chi connectivity index (χ3v) is 4.24. The highest BCUT2D eigenvalue weighted by atomic mass is 16.5. The monoisotopic (exact) mass is 313 g/mol. The Morgan fingerprint density at radius 3 is 2.83 bits per heavy atom. The number of aryl methyl sites for hydroxylation is 1. The molecule has 1 aliphatic rings. The molecule has 1 saturated heterocycles. The zero-order valence-corrected chi connectivity index (χ0v) is 13.2. The standard InChI is InChI=1S/C16H19N5O2/c1-20-12(3-4-18-20)11-9-14(21-5-7-23-8-6-21)19-16-15(11)13(22-2)10-17-16/h3-4,9-10H,5-8H2,1-2H3,(H,17,19). The van der Waals surface area contributed by atoms with Crippen LogP contribution in [0.1, 0.15) is 0 Å². The summed E-state index contributed by atoms with van der Waals surface area (Å²) in [6.45, 7) is 3.16. The predicted molar refractivity (Wildman–Crippen MR) is 87.9 cm³/mol. The van der Waals surface area contributed by atoms with E-state index >= 15 is 0 Å². The minimum absolute atomic E-state index is 0.731. The van der Waals surface area contributed by atoms with Crippen LogP contribution >= 0.6 is 0 Å². The quantitative estimate of drug-likeness (QED) is 0.799. The van der Waals surface area contributed by atoms with E-state index in [9.17, 15) is 0 Å². The molecule has 0 atom stereocenters. The van der Waals surface area contributed by atoms with Gasteiger partial charge in [0.05, 0.1) is 31.4 Å². The molecule has 0 spiro atoms. The highest BCUT2D eigenvalue weighted by Crippen LogP contribution is 2.36. The normalized spacial score (nSPS) is 15.3. The lowest BCUT2D eigenvalue weighted by Crippen LogP contribution is -2.36. The van der Waals surface area contributed by atoms with Gasteiger partial charge in [0, 0.05) is 38.1 Å². The number of morpholine rings is 1. The van der Waals surface area contributed by atoms with Crippen molar-refractivity contribution < 1.29 is 9.47 Å². The molecule has 1 aliphatic heterocycles. The minimum atomic E-state index is 0.731. The maximum Gasteiger partial charge on any atom is 0.146 e. The summed E-state index contributed by atoms with van der Waals surface area (Å²) >= 11 is 0. The molecule has 0 amide bonds. The number of pyridine rings is 1. The molecule has 0 unspecified atom stereocenters. The van der Waals surface area contributed by atoms with Gasteiger partial charge in [0.25, 0.3) is 0 Å². The van der Waals surface area contributed by atoms with Crippen LogP contribution in [0.5, 0.6) is 5.75 Å². The van der Waals surface area contributed by atoms with E-state index in [4.69, 9.17) is 14.5 Å². The molecule has 0 aliphatic carbocycles. The van der Waals surface area contributed by atoms with Crippen molar-refractivity contribution >= 4 is 16.9 Å². The van der Waals surface area contributed by atoms with Gasteiger partial charge in [0.1, 0.15) is 17.2 Å². The Bertz CT molecular complexity index is 832. The first-order valence-electron chi connectivity index (χ1n) is 7.65. The molecule has 4 rings (SSSR count). The highest BCUT2D eigenvalue weighted by Gasteiger charge is 2.20. The number of aromatic amines is 1. The van der Waals surface area contributed by atoms with Gasteiger partial charge in [-0.1, -0.05) is 0 Å². The zero-order chi connectivity index (χ0) is 15.8. The molecule has 0 bridgehead atoms. The fourth-order valence-corrected chi connectivity index (χ4v) is 3.05. The van der Waals surface area contributed by atoms with E-state index in [1.807, 2.05) is 24.0 Å². The molecule has 0 radical (unpaired) electrons. The van der Waals surface area contributed by atoms with E-state index < -0.39 is 0 Å². The Morgan fingerprint density at radius 2 is 2.13 bits per heavy atom. The van der Waals surface area contributed by atoms with Crippen LogP contribution < -0.4 is 9.64 Å². The minimum Gasteiger partial charge on any atom is -0.494 e. The van der Waals surface area contributed by atoms with Crippen molar-refractivity contribution in [3.8, 4) is 17.0 Å². The molecule has 1 fully saturated rings. The average Bonchev–Trinajstić information content (AvgIpc) is 3.20. The molecule has 1 N–H and O–H groups in total. The Kier molecular flexibility index (Phi) is 3.42. The van der Waals surface area contributed by atoms with Crippen molar-refractivity contribution in [1.82, 2.24) is 19.7 Å². The lowest BCUT2D eigenvalue weighted by molar-refractivity contribution is 0.122. The number of rotatable bonds is 3. The number of methoxy groups -OCH3 is 1. The van der Waals surface area contributed by atoms with Gasteiger partial charge in [-0.3, -0.25) is 4.68 Å². The smallest absolute Gasteiger partial charge is 0.146 e. The Morgan fingerprint density at radius 1 is 1.30 bits per heavy atom. The number of hydrogen-bond donors (Lipinski definition) is 1. The number of hydrogen-bond acceptors (Lipinski definition) is 5. The molecule has 7 heteroatoms. The number of fused-ring (bicyclic) bond motifs is 1. The van der Waals surface area contributed by atoms with E-state index in [1.165, 1.54) is 0 Å². The van der Waals surface area contributed by atoms with E-state index in [0.717, 1.165) is 60.2 Å². The first-order valence-corrected chi connectivity index (χ1v) is 7.65. The molecule has 7 nitrogen and oxygen atoms in total. The van der Waals surface area contributed by atoms with Crippen LogP contribution in [0.4, 0.5) is 5.82 Å². The number of H-pyrrole nitrogens is 1. The van der Waals surface area contributed by atoms with Crippen molar-refractivity contribution in [1.29, 1.82) is 0 Å². The van der Waals surface area contributed by atoms with Gasteiger partial charge >= 0.3 is 0 Å². The van der Waals surface area contributed by atoms with Crippen LogP contribution in [0.2, 0.25) is 0 Å². The number of aromatic nitrogens is 4. The van der Waals surface area contributed by atoms with Crippen LogP contribution in [0.3, 0.4) is 0 Å². The fourth-order valence-electron chi connectivity index (χ4n) is 3.05. The summed E-state index contributed by atoms with van der Waals surface area (Å²) < 4.78 is 12.8. The van der Waals surface area contributed by atoms with Gasteiger partial charge in [-0.15, -0.1) is 0 Å². The first-order chi connectivity index (χ1) is 11.3. The van der Waals surface area contributed by atoms with Gasteiger partial charge in [-0.05, 0) is 12.1 Å². The predicted octanol–water partition coefficient (Wildman–Crippen LogP) is 1.81. The van der Waals surface area contributed by atoms with Gasteiger partial charge < -0.3 is 19.4 Å². The topological polar surface area (TPSA) is 68.2 Å². The third kappa shape index (κ3) is 2.33. The van der Waals surface area contributed by atoms with E-state index in [2.05, 4.69) is 21.0 Å². The third-order valence-electron chi connectivity index (χ3n) is 4.24. The summed E-state index contributed by atoms with van der Waals surface area (Å²) in [5.74, 6) is 1.73. The van der Waals surface area contributed by atoms with Crippen molar-refractivity contribution in [2.45, 2.75) is 0 Å². The molecule has 23 heavy (non-hydrogen) atoms. The lowest BCUT2D eigenvalue weighted by atomic mass is 10.1. The molecule has 120 valence electrons. The van der Waals surface area contributed by atoms with Gasteiger partial charge in [-0.25, -0.2) is 4.98 Å². The number of nitrogens with one attached hydrogen (secondary N) is 1. The number of anilines is 1. The Hall–Kier alpha value is -2.54. The molecule has 3 aromatic heterocycles. The second kappa shape index (κ2) is 5.58. The van der Waals surface area contributed by atoms with Gasteiger partial charge in [0.2, 0.25) is 0 Å². The Balaban J connectivity index is 1.93. The second-order valence-electron chi connectivity index (χ2n) is 5.55. The van der Waals surface area contributed by atoms with Gasteiger partial charge in [0.15, 0.2) is 0 Å². The molecule has 0 aromatic carbocycles. The van der Waals surface area contributed by atoms with Crippen LogP contribution in [-0.4, -0.2) is 53.2 Å². The van der Waals surface area contributed by atoms with Crippen LogP contribution in [0, 0.1) is 0 Å². The molecule has 3 aromatic rings. The van der Waals surface area contributed by atoms with Crippen molar-refractivity contribution in [3.05, 3.63) is 24.5 Å². The Labute approximate surface area is 133 Å². The molecule has 4 heterocycles. The van der Waals surface area contributed by atoms with Crippen molar-refractivity contribution in [3.63, 3.8) is 0 Å². The molecule has 0 saturated carbocycles. The van der Waals surface area contributed by atoms with Crippen LogP contribution in [0.25, 0.3) is 22.3 Å². The number of nitrogens with zero attached hydrogens (tertiary/aromatic N) is 4. The van der Waals surface area contributed by atoms with Crippen LogP contribution in [-0.2, 0) is 11.8 Å². The van der Waals surface area contributed by atoms with Crippen molar-refractivity contribution in [2.75, 3.05) is 38.3 Å². The second-order valence-corrected chi connectivity index (χ2v) is 5.55. The molecular weight excluding hydrogens is 294 g/mol. The van der Waals surface area contributed by atoms with Crippen LogP contribution in [0.15, 0.2) is 24.5 Å². The summed E-state index contributed by atoms with van der Waals surface area (Å²) in [6, 6.07) is 4.12. The first kappa shape index (κ1) is 14.1. The van der Waals surface area contributed by atoms with Crippen molar-refractivity contribution in [2.24, 2.45) is 7.05 Å². The highest BCUT2D eigenvalue weighted by molar-refractivity contribution is 5.98. The maximum absolute atomic E-state index is 5.50. The summed E-state index contributed by atoms with van der Waals surface area (Å²) in [6.07, 6.45) is 3.65. The largest absolute Gasteiger partial charge is 0.494 e. The average molecular weight is 313 g/mol. The summed E-state index contributed by atoms with van der Waals surface area (Å²) in [7, 11) is 3.61. The summed E-state index contributed by atoms with van der Waals surface area (Å²) in [5, 5.41) is 5.27. The van der Waals surface area contributed by atoms with E-state index in [0.29, 0.717) is 0 Å². The summed E-state index contributed by atoms with van der Waals surface area (Å²) in [5.41, 5.74) is 2.92. The summed E-state index contributed by atoms with van der Waals surface area (Å²) in [4.78, 5) is 10.2. The van der Waals surface area contributed by atoms with Gasteiger partial charge in [-0.2, -0.15) is 5.10 Å².